The lowest BCUT2D eigenvalue weighted by atomic mass is 10.00. The molecule has 0 N–H and O–H groups in total. The minimum atomic E-state index is -1.78. The Morgan fingerprint density at radius 1 is 0.864 bits per heavy atom. The van der Waals surface area contributed by atoms with Gasteiger partial charge in [0.05, 0.1) is 0 Å². The van der Waals surface area contributed by atoms with Crippen molar-refractivity contribution in [1.29, 1.82) is 0 Å². The summed E-state index contributed by atoms with van der Waals surface area (Å²) in [6.07, 6.45) is 0. The lowest BCUT2D eigenvalue weighted by molar-refractivity contribution is 0.492. The van der Waals surface area contributed by atoms with Gasteiger partial charge in [-0.2, -0.15) is 0 Å². The third-order valence-electron chi connectivity index (χ3n) is 4.50. The average molecular weight is 311 g/mol. The fourth-order valence-corrected chi connectivity index (χ4v) is 3.01. The molecule has 0 amide bonds. The van der Waals surface area contributed by atoms with E-state index < -0.39 is 8.32 Å². The summed E-state index contributed by atoms with van der Waals surface area (Å²) in [5.41, 5.74) is 3.33. The zero-order chi connectivity index (χ0) is 16.4. The molecule has 0 spiro atoms. The van der Waals surface area contributed by atoms with Crippen LogP contribution in [0.25, 0.3) is 5.57 Å². The van der Waals surface area contributed by atoms with Crippen molar-refractivity contribution in [2.75, 3.05) is 0 Å². The molecule has 0 aliphatic heterocycles. The van der Waals surface area contributed by atoms with Crippen LogP contribution in [0.5, 0.6) is 5.75 Å². The molecule has 0 radical (unpaired) electrons. The first-order valence-corrected chi connectivity index (χ1v) is 10.7. The zero-order valence-electron chi connectivity index (χ0n) is 14.3. The van der Waals surface area contributed by atoms with E-state index in [1.807, 2.05) is 18.2 Å². The van der Waals surface area contributed by atoms with Crippen LogP contribution in [0.1, 0.15) is 31.9 Å². The molecule has 0 bridgehead atoms. The van der Waals surface area contributed by atoms with Gasteiger partial charge in [-0.3, -0.25) is 0 Å². The van der Waals surface area contributed by atoms with Gasteiger partial charge in [0.15, 0.2) is 0 Å². The molecule has 22 heavy (non-hydrogen) atoms. The van der Waals surface area contributed by atoms with E-state index in [4.69, 9.17) is 4.43 Å². The van der Waals surface area contributed by atoms with Crippen LogP contribution < -0.4 is 4.43 Å². The molecule has 2 aromatic rings. The van der Waals surface area contributed by atoms with Crippen molar-refractivity contribution in [1.82, 2.24) is 0 Å². The van der Waals surface area contributed by atoms with Crippen LogP contribution in [-0.4, -0.2) is 8.32 Å². The third-order valence-corrected chi connectivity index (χ3v) is 8.86. The van der Waals surface area contributed by atoms with Crippen LogP contribution in [0.2, 0.25) is 18.1 Å². The van der Waals surface area contributed by atoms with Crippen molar-refractivity contribution in [2.24, 2.45) is 0 Å². The summed E-state index contributed by atoms with van der Waals surface area (Å²) in [5.74, 6) is 0.955. The largest absolute Gasteiger partial charge is 0.544 e. The molecule has 0 atom stereocenters. The molecular weight excluding hydrogens is 284 g/mol. The van der Waals surface area contributed by atoms with Gasteiger partial charge in [-0.25, -0.2) is 0 Å². The summed E-state index contributed by atoms with van der Waals surface area (Å²) in [5, 5.41) is 0.208. The highest BCUT2D eigenvalue weighted by atomic mass is 28.4. The second-order valence-corrected chi connectivity index (χ2v) is 12.0. The van der Waals surface area contributed by atoms with Crippen molar-refractivity contribution in [3.63, 3.8) is 0 Å². The monoisotopic (exact) mass is 310 g/mol. The highest BCUT2D eigenvalue weighted by molar-refractivity contribution is 6.74. The Balaban J connectivity index is 2.16. The van der Waals surface area contributed by atoms with E-state index in [1.165, 1.54) is 0 Å². The summed E-state index contributed by atoms with van der Waals surface area (Å²) in [6, 6.07) is 18.6. The zero-order valence-corrected chi connectivity index (χ0v) is 15.3. The molecule has 0 saturated heterocycles. The number of hydrogen-bond acceptors (Lipinski definition) is 1. The Hall–Kier alpha value is -1.80. The molecule has 2 rings (SSSR count). The number of benzene rings is 2. The van der Waals surface area contributed by atoms with E-state index >= 15 is 0 Å². The molecular formula is C20H26OSi. The van der Waals surface area contributed by atoms with Crippen molar-refractivity contribution in [3.05, 3.63) is 72.3 Å². The van der Waals surface area contributed by atoms with Crippen LogP contribution >= 0.6 is 0 Å². The summed E-state index contributed by atoms with van der Waals surface area (Å²) in [4.78, 5) is 0. The first kappa shape index (κ1) is 16.6. The van der Waals surface area contributed by atoms with E-state index in [-0.39, 0.29) is 5.04 Å². The van der Waals surface area contributed by atoms with Crippen LogP contribution in [0.4, 0.5) is 0 Å². The van der Waals surface area contributed by atoms with E-state index in [2.05, 4.69) is 76.8 Å². The minimum Gasteiger partial charge on any atom is -0.544 e. The van der Waals surface area contributed by atoms with Crippen molar-refractivity contribution in [2.45, 2.75) is 38.9 Å². The first-order valence-electron chi connectivity index (χ1n) is 7.74. The number of rotatable bonds is 4. The lowest BCUT2D eigenvalue weighted by Crippen LogP contribution is -2.43. The predicted molar refractivity (Wildman–Crippen MR) is 98.8 cm³/mol. The van der Waals surface area contributed by atoms with E-state index in [1.54, 1.807) is 0 Å². The predicted octanol–water partition coefficient (Wildman–Crippen LogP) is 6.13. The summed E-state index contributed by atoms with van der Waals surface area (Å²) >= 11 is 0. The van der Waals surface area contributed by atoms with Crippen LogP contribution in [0.15, 0.2) is 61.2 Å². The average Bonchev–Trinajstić information content (AvgIpc) is 2.47. The van der Waals surface area contributed by atoms with Crippen LogP contribution in [0.3, 0.4) is 0 Å². The molecule has 2 aromatic carbocycles. The Morgan fingerprint density at radius 2 is 1.36 bits per heavy atom. The first-order chi connectivity index (χ1) is 10.2. The second-order valence-electron chi connectivity index (χ2n) is 7.23. The fraction of sp³-hybridized carbons (Fsp3) is 0.300. The van der Waals surface area contributed by atoms with Gasteiger partial charge in [0.2, 0.25) is 8.32 Å². The smallest absolute Gasteiger partial charge is 0.250 e. The third kappa shape index (κ3) is 3.69. The molecule has 0 aliphatic rings. The number of hydrogen-bond donors (Lipinski definition) is 0. The molecule has 0 unspecified atom stereocenters. The van der Waals surface area contributed by atoms with Gasteiger partial charge in [-0.1, -0.05) is 69.8 Å². The quantitative estimate of drug-likeness (QED) is 0.617. The van der Waals surface area contributed by atoms with E-state index in [0.717, 1.165) is 22.4 Å². The molecule has 0 heterocycles. The molecule has 0 fully saturated rings. The van der Waals surface area contributed by atoms with E-state index in [0.29, 0.717) is 0 Å². The Morgan fingerprint density at radius 3 is 1.86 bits per heavy atom. The Labute approximate surface area is 135 Å². The van der Waals surface area contributed by atoms with Crippen molar-refractivity contribution < 1.29 is 4.43 Å². The molecule has 0 saturated carbocycles. The summed E-state index contributed by atoms with van der Waals surface area (Å²) in [6.45, 7) is 15.5. The Bertz CT molecular complexity index is 634. The van der Waals surface area contributed by atoms with Crippen molar-refractivity contribution >= 4 is 13.9 Å². The second kappa shape index (κ2) is 6.13. The van der Waals surface area contributed by atoms with Crippen LogP contribution in [-0.2, 0) is 0 Å². The topological polar surface area (TPSA) is 9.23 Å². The highest BCUT2D eigenvalue weighted by Gasteiger charge is 2.38. The maximum absolute atomic E-state index is 6.32. The maximum atomic E-state index is 6.32. The van der Waals surface area contributed by atoms with E-state index in [9.17, 15) is 0 Å². The van der Waals surface area contributed by atoms with Gasteiger partial charge >= 0.3 is 0 Å². The van der Waals surface area contributed by atoms with Gasteiger partial charge < -0.3 is 4.43 Å². The Kier molecular flexibility index (Phi) is 4.62. The van der Waals surface area contributed by atoms with Gasteiger partial charge in [0, 0.05) is 0 Å². The van der Waals surface area contributed by atoms with Gasteiger partial charge in [0.25, 0.3) is 0 Å². The SMILES string of the molecule is C=C(c1ccccc1)c1ccc(O[Si](C)(C)C(C)(C)C)cc1. The molecule has 116 valence electrons. The highest BCUT2D eigenvalue weighted by Crippen LogP contribution is 2.37. The molecule has 2 heteroatoms. The maximum Gasteiger partial charge on any atom is 0.250 e. The van der Waals surface area contributed by atoms with Crippen molar-refractivity contribution in [3.8, 4) is 5.75 Å². The van der Waals surface area contributed by atoms with Gasteiger partial charge in [-0.05, 0) is 47.0 Å². The standard InChI is InChI=1S/C20H26OSi/c1-16(17-10-8-7-9-11-17)18-12-14-19(15-13-18)21-22(5,6)20(2,3)4/h7-15H,1H2,2-6H3. The molecule has 1 nitrogen and oxygen atoms in total. The van der Waals surface area contributed by atoms with Crippen LogP contribution in [0, 0.1) is 0 Å². The summed E-state index contributed by atoms with van der Waals surface area (Å²) < 4.78 is 6.32. The molecule has 0 aliphatic carbocycles. The normalized spacial score (nSPS) is 12.0. The summed E-state index contributed by atoms with van der Waals surface area (Å²) in [7, 11) is -1.78. The van der Waals surface area contributed by atoms with Gasteiger partial charge in [-0.15, -0.1) is 0 Å². The fourth-order valence-electron chi connectivity index (χ4n) is 1.98. The minimum absolute atomic E-state index is 0.208. The lowest BCUT2D eigenvalue weighted by Gasteiger charge is -2.36. The molecule has 0 aromatic heterocycles. The van der Waals surface area contributed by atoms with Gasteiger partial charge in [0.1, 0.15) is 5.75 Å².